The van der Waals surface area contributed by atoms with Crippen molar-refractivity contribution in [1.82, 2.24) is 14.8 Å². The van der Waals surface area contributed by atoms with Crippen molar-refractivity contribution >= 4 is 51.1 Å². The molecule has 266 valence electrons. The van der Waals surface area contributed by atoms with Crippen molar-refractivity contribution in [3.8, 4) is 11.5 Å². The Hall–Kier alpha value is -4.19. The van der Waals surface area contributed by atoms with Crippen LogP contribution in [0.5, 0.6) is 11.5 Å². The second kappa shape index (κ2) is 17.6. The Labute approximate surface area is 300 Å². The Morgan fingerprint density at radius 3 is 2.50 bits per heavy atom. The number of methoxy groups -OCH3 is 1. The van der Waals surface area contributed by atoms with Gasteiger partial charge >= 0.3 is 5.97 Å². The van der Waals surface area contributed by atoms with Crippen molar-refractivity contribution in [2.45, 2.75) is 52.2 Å². The number of nitrogens with one attached hydrogen (secondary N) is 1. The highest BCUT2D eigenvalue weighted by Gasteiger charge is 2.24. The zero-order valence-electron chi connectivity index (χ0n) is 28.7. The quantitative estimate of drug-likeness (QED) is 0.116. The molecule has 0 spiro atoms. The van der Waals surface area contributed by atoms with Crippen molar-refractivity contribution < 1.29 is 32.8 Å². The molecule has 3 aromatic carbocycles. The molecule has 0 bridgehead atoms. The number of rotatable bonds is 16. The fourth-order valence-electron chi connectivity index (χ4n) is 6.18. The van der Waals surface area contributed by atoms with E-state index in [2.05, 4.69) is 22.3 Å². The normalized spacial score (nSPS) is 14.3. The van der Waals surface area contributed by atoms with Gasteiger partial charge in [-0.05, 0) is 112 Å². The highest BCUT2D eigenvalue weighted by molar-refractivity contribution is 7.85. The Morgan fingerprint density at radius 2 is 1.76 bits per heavy atom. The van der Waals surface area contributed by atoms with Crippen LogP contribution >= 0.6 is 11.6 Å². The lowest BCUT2D eigenvalue weighted by Gasteiger charge is -2.15. The van der Waals surface area contributed by atoms with Crippen molar-refractivity contribution in [3.05, 3.63) is 94.1 Å². The maximum Gasteiger partial charge on any atom is 0.310 e. The van der Waals surface area contributed by atoms with Crippen LogP contribution in [0.1, 0.15) is 53.4 Å². The van der Waals surface area contributed by atoms with Crippen molar-refractivity contribution in [3.63, 3.8) is 0 Å². The van der Waals surface area contributed by atoms with Gasteiger partial charge in [-0.1, -0.05) is 23.7 Å². The van der Waals surface area contributed by atoms with E-state index in [1.54, 1.807) is 68.0 Å². The van der Waals surface area contributed by atoms with Gasteiger partial charge in [-0.2, -0.15) is 0 Å². The van der Waals surface area contributed by atoms with Gasteiger partial charge in [0.05, 0.1) is 31.4 Å². The van der Waals surface area contributed by atoms with E-state index in [1.165, 1.54) is 18.4 Å². The summed E-state index contributed by atoms with van der Waals surface area (Å²) in [7, 11) is 0.00637. The maximum atomic E-state index is 13.5. The van der Waals surface area contributed by atoms with E-state index >= 15 is 0 Å². The summed E-state index contributed by atoms with van der Waals surface area (Å²) in [4.78, 5) is 41.5. The lowest BCUT2D eigenvalue weighted by molar-refractivity contribution is -0.146. The molecule has 1 saturated heterocycles. The number of hydrogen-bond donors (Lipinski definition) is 1. The summed E-state index contributed by atoms with van der Waals surface area (Å²) in [6.45, 7) is 7.47. The third-order valence-electron chi connectivity index (χ3n) is 8.62. The number of carbonyl (C=O) groups is 3. The number of nitrogens with zero attached hydrogens (tertiary/aromatic N) is 2. The molecule has 10 nitrogen and oxygen atoms in total. The Morgan fingerprint density at radius 1 is 1.00 bits per heavy atom. The van der Waals surface area contributed by atoms with Crippen LogP contribution in [-0.4, -0.2) is 82.4 Å². The number of likely N-dealkylation sites (tertiary alicyclic amines) is 1. The zero-order chi connectivity index (χ0) is 35.6. The van der Waals surface area contributed by atoms with Gasteiger partial charge in [-0.3, -0.25) is 28.1 Å². The number of halogens is 1. The molecule has 2 atom stereocenters. The lowest BCUT2D eigenvalue weighted by Crippen LogP contribution is -2.32. The smallest absolute Gasteiger partial charge is 0.310 e. The first-order valence-corrected chi connectivity index (χ1v) is 18.7. The molecule has 0 radical (unpaired) electrons. The van der Waals surface area contributed by atoms with Crippen LogP contribution in [0.25, 0.3) is 10.9 Å². The second-order valence-corrected chi connectivity index (χ2v) is 14.4. The van der Waals surface area contributed by atoms with Crippen LogP contribution < -0.4 is 14.8 Å². The number of hydrogen-bond acceptors (Lipinski definition) is 8. The summed E-state index contributed by atoms with van der Waals surface area (Å²) in [6, 6.07) is 20.0. The first kappa shape index (κ1) is 37.1. The number of amides is 1. The number of fused-ring (bicyclic) bond motifs is 1. The maximum absolute atomic E-state index is 13.5. The molecule has 1 aliphatic heterocycles. The van der Waals surface area contributed by atoms with E-state index in [4.69, 9.17) is 25.8 Å². The van der Waals surface area contributed by atoms with Gasteiger partial charge in [0, 0.05) is 45.6 Å². The minimum Gasteiger partial charge on any atom is -0.497 e. The topological polar surface area (TPSA) is 116 Å². The number of benzene rings is 3. The number of esters is 1. The number of carbonyl (C=O) groups excluding carboxylic acids is 3. The van der Waals surface area contributed by atoms with Crippen LogP contribution in [0, 0.1) is 6.92 Å². The molecular formula is C38H44ClN3O7S. The van der Waals surface area contributed by atoms with Crippen LogP contribution in [0.3, 0.4) is 0 Å². The zero-order valence-corrected chi connectivity index (χ0v) is 30.3. The molecule has 1 aliphatic rings. The van der Waals surface area contributed by atoms with Crippen LogP contribution in [0.15, 0.2) is 66.7 Å². The molecule has 2 unspecified atom stereocenters. The molecule has 5 rings (SSSR count). The first-order valence-electron chi connectivity index (χ1n) is 16.8. The largest absolute Gasteiger partial charge is 0.497 e. The fourth-order valence-corrected chi connectivity index (χ4v) is 7.41. The van der Waals surface area contributed by atoms with Gasteiger partial charge < -0.3 is 19.5 Å². The highest BCUT2D eigenvalue weighted by atomic mass is 35.5. The summed E-state index contributed by atoms with van der Waals surface area (Å²) in [5.74, 6) is 0.0731. The minimum atomic E-state index is -1.54. The van der Waals surface area contributed by atoms with Gasteiger partial charge in [0.25, 0.3) is 5.91 Å². The van der Waals surface area contributed by atoms with E-state index in [-0.39, 0.29) is 29.7 Å². The molecule has 4 aromatic rings. The highest BCUT2D eigenvalue weighted by Crippen LogP contribution is 2.31. The third-order valence-corrected chi connectivity index (χ3v) is 10.3. The van der Waals surface area contributed by atoms with E-state index in [0.717, 1.165) is 25.4 Å². The predicted molar refractivity (Wildman–Crippen MR) is 196 cm³/mol. The Bertz CT molecular complexity index is 1840. The number of ether oxygens (including phenoxy) is 3. The number of aromatic nitrogens is 1. The Balaban J connectivity index is 1.08. The molecule has 1 fully saturated rings. The SMILES string of the molecule is COc1ccc2c(c1)c(CC(=O)OC(C)CS(=O)CC(=O)NCCCOc1cccc(CN3CCCC3)c1)c(C)n2C(=O)c1ccc(Cl)cc1. The van der Waals surface area contributed by atoms with Gasteiger partial charge in [-0.25, -0.2) is 0 Å². The summed E-state index contributed by atoms with van der Waals surface area (Å²) < 4.78 is 31.2. The standard InChI is InChI=1S/C38H44ClN3O7S/c1-26(24-50(46)25-36(43)40-16-7-19-48-32-9-6-8-28(20-32)23-41-17-4-5-18-41)49-37(44)22-33-27(2)42(35-15-14-31(47-3)21-34(33)35)38(45)29-10-12-30(39)13-11-29/h6,8-15,20-21,26H,4-5,7,16-19,22-25H2,1-3H3,(H,40,43). The van der Waals surface area contributed by atoms with Gasteiger partial charge in [0.1, 0.15) is 23.4 Å². The van der Waals surface area contributed by atoms with Crippen LogP contribution in [0.4, 0.5) is 0 Å². The predicted octanol–water partition coefficient (Wildman–Crippen LogP) is 5.70. The van der Waals surface area contributed by atoms with Gasteiger partial charge in [0.2, 0.25) is 5.91 Å². The van der Waals surface area contributed by atoms with Crippen molar-refractivity contribution in [2.24, 2.45) is 0 Å². The summed E-state index contributed by atoms with van der Waals surface area (Å²) in [5.41, 5.74) is 3.51. The molecule has 1 aromatic heterocycles. The average molecular weight is 722 g/mol. The molecule has 0 saturated carbocycles. The molecule has 2 heterocycles. The molecule has 0 aliphatic carbocycles. The first-order chi connectivity index (χ1) is 24.1. The van der Waals surface area contributed by atoms with E-state index < -0.39 is 22.9 Å². The fraction of sp³-hybridized carbons (Fsp3) is 0.395. The molecule has 1 amide bonds. The third kappa shape index (κ3) is 9.95. The summed E-state index contributed by atoms with van der Waals surface area (Å²) in [5, 5.41) is 4.00. The summed E-state index contributed by atoms with van der Waals surface area (Å²) in [6.07, 6.45) is 2.31. The van der Waals surface area contributed by atoms with Crippen molar-refractivity contribution in [1.29, 1.82) is 0 Å². The van der Waals surface area contributed by atoms with Crippen molar-refractivity contribution in [2.75, 3.05) is 44.9 Å². The second-order valence-electron chi connectivity index (χ2n) is 12.5. The molecule has 12 heteroatoms. The molecule has 50 heavy (non-hydrogen) atoms. The van der Waals surface area contributed by atoms with Gasteiger partial charge in [0.15, 0.2) is 0 Å². The molecule has 1 N–H and O–H groups in total. The summed E-state index contributed by atoms with van der Waals surface area (Å²) >= 11 is 6.02. The van der Waals surface area contributed by atoms with E-state index in [1.807, 2.05) is 12.1 Å². The molecular weight excluding hydrogens is 678 g/mol. The van der Waals surface area contributed by atoms with Gasteiger partial charge in [-0.15, -0.1) is 0 Å². The lowest BCUT2D eigenvalue weighted by atomic mass is 10.1. The van der Waals surface area contributed by atoms with Crippen LogP contribution in [0.2, 0.25) is 5.02 Å². The Kier molecular flexibility index (Phi) is 13.1. The minimum absolute atomic E-state index is 0.0135. The van der Waals surface area contributed by atoms with Crippen LogP contribution in [-0.2, 0) is 38.1 Å². The monoisotopic (exact) mass is 721 g/mol. The average Bonchev–Trinajstić information content (AvgIpc) is 3.69. The van der Waals surface area contributed by atoms with E-state index in [9.17, 15) is 18.6 Å². The van der Waals surface area contributed by atoms with E-state index in [0.29, 0.717) is 58.1 Å².